The highest BCUT2D eigenvalue weighted by Gasteiger charge is 2.36. The van der Waals surface area contributed by atoms with Gasteiger partial charge in [0.05, 0.1) is 11.7 Å². The second-order valence-corrected chi connectivity index (χ2v) is 8.46. The van der Waals surface area contributed by atoms with E-state index in [9.17, 15) is 13.6 Å². The van der Waals surface area contributed by atoms with Crippen molar-refractivity contribution in [2.24, 2.45) is 0 Å². The van der Waals surface area contributed by atoms with Crippen molar-refractivity contribution in [1.82, 2.24) is 9.30 Å². The molecule has 2 aromatic rings. The van der Waals surface area contributed by atoms with Gasteiger partial charge in [-0.3, -0.25) is 4.90 Å². The molecule has 3 heterocycles. The van der Waals surface area contributed by atoms with Crippen LogP contribution in [0.25, 0.3) is 5.52 Å². The molecule has 0 amide bonds. The van der Waals surface area contributed by atoms with E-state index in [0.29, 0.717) is 18.7 Å². The minimum atomic E-state index is -2.58. The number of rotatable bonds is 4. The van der Waals surface area contributed by atoms with Gasteiger partial charge in [0.25, 0.3) is 5.92 Å². The molecule has 1 atom stereocenters. The molecule has 0 radical (unpaired) electrons. The summed E-state index contributed by atoms with van der Waals surface area (Å²) in [7, 11) is 0. The molecule has 1 unspecified atom stereocenters. The fraction of sp³-hybridized carbons (Fsp3) is 0.550. The van der Waals surface area contributed by atoms with Crippen LogP contribution in [0.15, 0.2) is 22.8 Å². The van der Waals surface area contributed by atoms with E-state index in [4.69, 9.17) is 4.74 Å². The normalized spacial score (nSPS) is 18.8. The third-order valence-electron chi connectivity index (χ3n) is 5.19. The number of piperidine rings is 1. The van der Waals surface area contributed by atoms with Gasteiger partial charge in [-0.2, -0.15) is 0 Å². The molecule has 2 aromatic heterocycles. The van der Waals surface area contributed by atoms with Crippen molar-refractivity contribution in [3.05, 3.63) is 39.6 Å². The molecule has 7 heteroatoms. The van der Waals surface area contributed by atoms with E-state index in [1.807, 2.05) is 50.4 Å². The number of pyridine rings is 1. The largest absolute Gasteiger partial charge is 0.459 e. The maximum Gasteiger partial charge on any atom is 0.338 e. The minimum Gasteiger partial charge on any atom is -0.459 e. The number of fused-ring (bicyclic) bond motifs is 1. The average Bonchev–Trinajstić information content (AvgIpc) is 2.92. The third-order valence-corrected chi connectivity index (χ3v) is 5.63. The second kappa shape index (κ2) is 7.51. The summed E-state index contributed by atoms with van der Waals surface area (Å²) in [6.45, 7) is 8.20. The molecular formula is C20H25BrF2N2O2. The van der Waals surface area contributed by atoms with E-state index < -0.39 is 5.92 Å². The Morgan fingerprint density at radius 2 is 1.85 bits per heavy atom. The number of likely N-dealkylation sites (tertiary alicyclic amines) is 1. The zero-order valence-corrected chi connectivity index (χ0v) is 17.6. The van der Waals surface area contributed by atoms with E-state index in [-0.39, 0.29) is 31.0 Å². The molecular weight excluding hydrogens is 418 g/mol. The second-order valence-electron chi connectivity index (χ2n) is 7.54. The van der Waals surface area contributed by atoms with Gasteiger partial charge in [-0.1, -0.05) is 0 Å². The number of esters is 1. The first-order valence-corrected chi connectivity index (χ1v) is 10.0. The molecule has 1 fully saturated rings. The van der Waals surface area contributed by atoms with Crippen molar-refractivity contribution in [1.29, 1.82) is 0 Å². The standard InChI is InChI=1S/C20H25BrF2N2O2/c1-12(2)27-19(26)17-10-16-9-15(21)11-25(16)18(13(17)3)14(4)24-7-5-20(22,23)6-8-24/h9-12,14H,5-8H2,1-4H3. The van der Waals surface area contributed by atoms with Crippen LogP contribution in [-0.4, -0.2) is 40.4 Å². The fourth-order valence-electron chi connectivity index (χ4n) is 3.76. The highest BCUT2D eigenvalue weighted by Crippen LogP contribution is 2.35. The fourth-order valence-corrected chi connectivity index (χ4v) is 4.20. The van der Waals surface area contributed by atoms with Crippen LogP contribution in [0, 0.1) is 6.92 Å². The Hall–Kier alpha value is -1.47. The Morgan fingerprint density at radius 1 is 1.22 bits per heavy atom. The first-order valence-electron chi connectivity index (χ1n) is 9.23. The maximum absolute atomic E-state index is 13.6. The molecule has 0 spiro atoms. The summed E-state index contributed by atoms with van der Waals surface area (Å²) in [5.74, 6) is -2.94. The van der Waals surface area contributed by atoms with E-state index in [1.165, 1.54) is 0 Å². The molecule has 0 bridgehead atoms. The molecule has 0 N–H and O–H groups in total. The monoisotopic (exact) mass is 442 g/mol. The van der Waals surface area contributed by atoms with E-state index in [1.54, 1.807) is 0 Å². The Morgan fingerprint density at radius 3 is 2.44 bits per heavy atom. The van der Waals surface area contributed by atoms with Crippen molar-refractivity contribution < 1.29 is 18.3 Å². The van der Waals surface area contributed by atoms with Crippen LogP contribution in [0.4, 0.5) is 8.78 Å². The Labute approximate surface area is 166 Å². The SMILES string of the molecule is Cc1c(C(=O)OC(C)C)cc2cc(Br)cn2c1C(C)N1CCC(F)(F)CC1. The van der Waals surface area contributed by atoms with Gasteiger partial charge in [0.1, 0.15) is 0 Å². The number of aromatic nitrogens is 1. The smallest absolute Gasteiger partial charge is 0.338 e. The lowest BCUT2D eigenvalue weighted by atomic mass is 9.98. The summed E-state index contributed by atoms with van der Waals surface area (Å²) < 4.78 is 35.5. The van der Waals surface area contributed by atoms with Crippen LogP contribution in [-0.2, 0) is 4.74 Å². The van der Waals surface area contributed by atoms with Gasteiger partial charge in [0.2, 0.25) is 0 Å². The minimum absolute atomic E-state index is 0.102. The maximum atomic E-state index is 13.6. The number of halogens is 3. The van der Waals surface area contributed by atoms with Crippen molar-refractivity contribution in [2.75, 3.05) is 13.1 Å². The lowest BCUT2D eigenvalue weighted by Gasteiger charge is -2.37. The first-order chi connectivity index (χ1) is 12.6. The lowest BCUT2D eigenvalue weighted by molar-refractivity contribution is -0.0624. The quantitative estimate of drug-likeness (QED) is 0.596. The van der Waals surface area contributed by atoms with Crippen LogP contribution in [0.2, 0.25) is 0 Å². The summed E-state index contributed by atoms with van der Waals surface area (Å²) in [4.78, 5) is 14.7. The Bertz CT molecular complexity index is 853. The van der Waals surface area contributed by atoms with Crippen molar-refractivity contribution in [2.45, 2.75) is 58.6 Å². The van der Waals surface area contributed by atoms with Gasteiger partial charge < -0.3 is 9.14 Å². The van der Waals surface area contributed by atoms with Gasteiger partial charge in [-0.25, -0.2) is 13.6 Å². The third kappa shape index (κ3) is 4.19. The molecule has 4 nitrogen and oxygen atoms in total. The van der Waals surface area contributed by atoms with Gasteiger partial charge in [0.15, 0.2) is 0 Å². The Balaban J connectivity index is 2.05. The highest BCUT2D eigenvalue weighted by atomic mass is 79.9. The number of carbonyl (C=O) groups is 1. The molecule has 0 aromatic carbocycles. The van der Waals surface area contributed by atoms with Crippen molar-refractivity contribution in [3.8, 4) is 0 Å². The van der Waals surface area contributed by atoms with Gasteiger partial charge in [0, 0.05) is 53.9 Å². The number of nitrogens with zero attached hydrogens (tertiary/aromatic N) is 2. The molecule has 148 valence electrons. The molecule has 1 aliphatic heterocycles. The van der Waals surface area contributed by atoms with E-state index >= 15 is 0 Å². The molecule has 3 rings (SSSR count). The highest BCUT2D eigenvalue weighted by molar-refractivity contribution is 9.10. The number of carbonyl (C=O) groups excluding carboxylic acids is 1. The van der Waals surface area contributed by atoms with Gasteiger partial charge in [-0.15, -0.1) is 0 Å². The summed E-state index contributed by atoms with van der Waals surface area (Å²) >= 11 is 3.50. The zero-order chi connectivity index (χ0) is 19.9. The zero-order valence-electron chi connectivity index (χ0n) is 16.1. The lowest BCUT2D eigenvalue weighted by Crippen LogP contribution is -2.41. The van der Waals surface area contributed by atoms with Gasteiger partial charge in [-0.05, 0) is 61.3 Å². The number of alkyl halides is 2. The average molecular weight is 443 g/mol. The molecule has 27 heavy (non-hydrogen) atoms. The summed E-state index contributed by atoms with van der Waals surface area (Å²) in [5.41, 5.74) is 3.14. The molecule has 0 saturated carbocycles. The van der Waals surface area contributed by atoms with E-state index in [0.717, 1.165) is 21.2 Å². The van der Waals surface area contributed by atoms with Crippen LogP contribution >= 0.6 is 15.9 Å². The molecule has 1 saturated heterocycles. The number of ether oxygens (including phenoxy) is 1. The van der Waals surface area contributed by atoms with Crippen LogP contribution < -0.4 is 0 Å². The van der Waals surface area contributed by atoms with Crippen LogP contribution in [0.1, 0.15) is 61.3 Å². The summed E-state index contributed by atoms with van der Waals surface area (Å²) in [5, 5.41) is 0. The molecule has 0 aliphatic carbocycles. The van der Waals surface area contributed by atoms with Crippen molar-refractivity contribution in [3.63, 3.8) is 0 Å². The predicted molar refractivity (Wildman–Crippen MR) is 105 cm³/mol. The topological polar surface area (TPSA) is 34.0 Å². The number of hydrogen-bond donors (Lipinski definition) is 0. The van der Waals surface area contributed by atoms with E-state index in [2.05, 4.69) is 20.8 Å². The molecule has 1 aliphatic rings. The summed E-state index contributed by atoms with van der Waals surface area (Å²) in [6.07, 6.45) is 1.47. The predicted octanol–water partition coefficient (Wildman–Crippen LogP) is 5.37. The number of hydrogen-bond acceptors (Lipinski definition) is 3. The van der Waals surface area contributed by atoms with Crippen molar-refractivity contribution >= 4 is 27.4 Å². The van der Waals surface area contributed by atoms with Gasteiger partial charge >= 0.3 is 5.97 Å². The summed E-state index contributed by atoms with van der Waals surface area (Å²) in [6, 6.07) is 3.66. The first kappa shape index (κ1) is 20.3. The Kier molecular flexibility index (Phi) is 5.64. The van der Waals surface area contributed by atoms with Crippen LogP contribution in [0.3, 0.4) is 0 Å². The van der Waals surface area contributed by atoms with Crippen LogP contribution in [0.5, 0.6) is 0 Å².